The minimum Gasteiger partial charge on any atom is -0.206 e. The average molecular weight is 378 g/mol. The van der Waals surface area contributed by atoms with E-state index in [1.165, 1.54) is 23.3 Å². The van der Waals surface area contributed by atoms with Gasteiger partial charge in [0.1, 0.15) is 5.82 Å². The Morgan fingerprint density at radius 2 is 1.50 bits per heavy atom. The Kier molecular flexibility index (Phi) is 5.08. The number of allylic oxidation sites excluding steroid dienone is 2. The Morgan fingerprint density at radius 1 is 0.750 bits per heavy atom. The lowest BCUT2D eigenvalue weighted by atomic mass is 9.86. The van der Waals surface area contributed by atoms with Gasteiger partial charge in [0.2, 0.25) is 0 Å². The highest BCUT2D eigenvalue weighted by Crippen LogP contribution is 2.33. The molecule has 0 spiro atoms. The van der Waals surface area contributed by atoms with Gasteiger partial charge in [-0.2, -0.15) is 0 Å². The summed E-state index contributed by atoms with van der Waals surface area (Å²) in [6.45, 7) is 2.16. The zero-order valence-corrected chi connectivity index (χ0v) is 15.7. The van der Waals surface area contributed by atoms with E-state index in [1.54, 1.807) is 6.07 Å². The maximum atomic E-state index is 14.7. The summed E-state index contributed by atoms with van der Waals surface area (Å²) in [7, 11) is 0. The summed E-state index contributed by atoms with van der Waals surface area (Å²) >= 11 is 0. The monoisotopic (exact) mass is 378 g/mol. The normalized spacial score (nSPS) is 13.2. The molecule has 4 rings (SSSR count). The summed E-state index contributed by atoms with van der Waals surface area (Å²) in [4.78, 5) is 0. The molecule has 0 bridgehead atoms. The van der Waals surface area contributed by atoms with Crippen LogP contribution >= 0.6 is 0 Å². The van der Waals surface area contributed by atoms with Crippen molar-refractivity contribution in [1.82, 2.24) is 0 Å². The summed E-state index contributed by atoms with van der Waals surface area (Å²) in [5.41, 5.74) is 6.29. The van der Waals surface area contributed by atoms with Crippen molar-refractivity contribution in [3.8, 4) is 11.1 Å². The first kappa shape index (κ1) is 18.5. The van der Waals surface area contributed by atoms with Crippen LogP contribution in [0.1, 0.15) is 35.6 Å². The van der Waals surface area contributed by atoms with Gasteiger partial charge in [-0.05, 0) is 76.9 Å². The third kappa shape index (κ3) is 3.62. The Labute approximate surface area is 163 Å². The Bertz CT molecular complexity index is 1050. The van der Waals surface area contributed by atoms with E-state index in [-0.39, 0.29) is 0 Å². The lowest BCUT2D eigenvalue weighted by Gasteiger charge is -2.19. The topological polar surface area (TPSA) is 0 Å². The standard InChI is InChI=1S/C25H21F3/c1-2-3-16-4-6-17(7-5-16)18-8-9-19-13-22(24(27)15-21(19)12-18)20-10-11-23(26)25(28)14-20/h4-8,10-11,13-15H,2-3,9,12H2,1H3. The van der Waals surface area contributed by atoms with Gasteiger partial charge in [-0.3, -0.25) is 0 Å². The first-order valence-corrected chi connectivity index (χ1v) is 9.60. The van der Waals surface area contributed by atoms with Gasteiger partial charge in [0, 0.05) is 5.56 Å². The number of fused-ring (bicyclic) bond motifs is 1. The maximum Gasteiger partial charge on any atom is 0.159 e. The predicted molar refractivity (Wildman–Crippen MR) is 108 cm³/mol. The lowest BCUT2D eigenvalue weighted by Crippen LogP contribution is -2.05. The van der Waals surface area contributed by atoms with Crippen LogP contribution < -0.4 is 0 Å². The van der Waals surface area contributed by atoms with Crippen LogP contribution in [-0.2, 0) is 19.3 Å². The molecule has 1 aliphatic rings. The molecule has 3 aromatic carbocycles. The summed E-state index contributed by atoms with van der Waals surface area (Å²) in [6.07, 6.45) is 5.72. The fourth-order valence-corrected chi connectivity index (χ4v) is 3.80. The van der Waals surface area contributed by atoms with E-state index in [4.69, 9.17) is 0 Å². The third-order valence-corrected chi connectivity index (χ3v) is 5.33. The van der Waals surface area contributed by atoms with Crippen molar-refractivity contribution in [2.24, 2.45) is 0 Å². The zero-order valence-electron chi connectivity index (χ0n) is 15.7. The summed E-state index contributed by atoms with van der Waals surface area (Å²) < 4.78 is 41.5. The second kappa shape index (κ2) is 7.67. The highest BCUT2D eigenvalue weighted by molar-refractivity contribution is 5.73. The molecule has 0 fully saturated rings. The molecule has 0 saturated heterocycles. The summed E-state index contributed by atoms with van der Waals surface area (Å²) in [5.74, 6) is -2.31. The lowest BCUT2D eigenvalue weighted by molar-refractivity contribution is 0.509. The summed E-state index contributed by atoms with van der Waals surface area (Å²) in [6, 6.07) is 15.3. The van der Waals surface area contributed by atoms with Gasteiger partial charge in [0.05, 0.1) is 0 Å². The third-order valence-electron chi connectivity index (χ3n) is 5.33. The number of hydrogen-bond acceptors (Lipinski definition) is 0. The molecule has 0 heterocycles. The number of benzene rings is 3. The molecule has 3 heteroatoms. The van der Waals surface area contributed by atoms with Crippen molar-refractivity contribution in [3.63, 3.8) is 0 Å². The van der Waals surface area contributed by atoms with Gasteiger partial charge in [0.15, 0.2) is 11.6 Å². The fourth-order valence-electron chi connectivity index (χ4n) is 3.80. The second-order valence-electron chi connectivity index (χ2n) is 7.29. The van der Waals surface area contributed by atoms with Crippen LogP contribution in [-0.4, -0.2) is 0 Å². The highest BCUT2D eigenvalue weighted by atomic mass is 19.2. The van der Waals surface area contributed by atoms with E-state index in [1.807, 2.05) is 0 Å². The molecule has 0 N–H and O–H groups in total. The van der Waals surface area contributed by atoms with Crippen molar-refractivity contribution in [1.29, 1.82) is 0 Å². The van der Waals surface area contributed by atoms with Crippen molar-refractivity contribution in [2.75, 3.05) is 0 Å². The molecule has 28 heavy (non-hydrogen) atoms. The van der Waals surface area contributed by atoms with Gasteiger partial charge in [0.25, 0.3) is 0 Å². The highest BCUT2D eigenvalue weighted by Gasteiger charge is 2.17. The smallest absolute Gasteiger partial charge is 0.159 e. The molecule has 3 aromatic rings. The molecular formula is C25H21F3. The Morgan fingerprint density at radius 3 is 2.21 bits per heavy atom. The first-order valence-electron chi connectivity index (χ1n) is 9.60. The number of hydrogen-bond donors (Lipinski definition) is 0. The number of aryl methyl sites for hydroxylation is 1. The van der Waals surface area contributed by atoms with E-state index in [9.17, 15) is 13.2 Å². The zero-order chi connectivity index (χ0) is 19.7. The molecule has 0 aliphatic heterocycles. The molecule has 0 aromatic heterocycles. The van der Waals surface area contributed by atoms with Gasteiger partial charge in [-0.15, -0.1) is 0 Å². The van der Waals surface area contributed by atoms with Gasteiger partial charge >= 0.3 is 0 Å². The Hall–Kier alpha value is -2.81. The molecule has 0 nitrogen and oxygen atoms in total. The van der Waals surface area contributed by atoms with Crippen molar-refractivity contribution in [2.45, 2.75) is 32.6 Å². The van der Waals surface area contributed by atoms with Gasteiger partial charge < -0.3 is 0 Å². The maximum absolute atomic E-state index is 14.7. The van der Waals surface area contributed by atoms with Crippen LogP contribution in [0.5, 0.6) is 0 Å². The minimum absolute atomic E-state index is 0.304. The van der Waals surface area contributed by atoms with Gasteiger partial charge in [-0.25, -0.2) is 13.2 Å². The molecule has 142 valence electrons. The largest absolute Gasteiger partial charge is 0.206 e. The molecule has 1 aliphatic carbocycles. The SMILES string of the molecule is CCCc1ccc(C2=CCc3cc(-c4ccc(F)c(F)c4)c(F)cc3C2)cc1. The number of rotatable bonds is 4. The molecule has 0 radical (unpaired) electrons. The van der Waals surface area contributed by atoms with Crippen LogP contribution in [0, 0.1) is 17.5 Å². The second-order valence-corrected chi connectivity index (χ2v) is 7.29. The van der Waals surface area contributed by atoms with Gasteiger partial charge in [-0.1, -0.05) is 49.8 Å². The molecular weight excluding hydrogens is 357 g/mol. The molecule has 0 atom stereocenters. The molecule has 0 saturated carbocycles. The van der Waals surface area contributed by atoms with Crippen LogP contribution in [0.25, 0.3) is 16.7 Å². The van der Waals surface area contributed by atoms with E-state index >= 15 is 0 Å². The van der Waals surface area contributed by atoms with Crippen molar-refractivity contribution < 1.29 is 13.2 Å². The van der Waals surface area contributed by atoms with Crippen LogP contribution in [0.4, 0.5) is 13.2 Å². The number of halogens is 3. The predicted octanol–water partition coefficient (Wildman–Crippen LogP) is 6.91. The van der Waals surface area contributed by atoms with E-state index in [0.29, 0.717) is 24.0 Å². The van der Waals surface area contributed by atoms with Crippen molar-refractivity contribution >= 4 is 5.57 Å². The average Bonchev–Trinajstić information content (AvgIpc) is 2.70. The van der Waals surface area contributed by atoms with E-state index in [0.717, 1.165) is 41.7 Å². The minimum atomic E-state index is -0.969. The molecule has 0 unspecified atom stereocenters. The van der Waals surface area contributed by atoms with Crippen molar-refractivity contribution in [3.05, 3.63) is 100 Å². The van der Waals surface area contributed by atoms with E-state index < -0.39 is 17.5 Å². The fraction of sp³-hybridized carbons (Fsp3) is 0.200. The Balaban J connectivity index is 1.62. The van der Waals surface area contributed by atoms with Crippen LogP contribution in [0.15, 0.2) is 60.7 Å². The van der Waals surface area contributed by atoms with E-state index in [2.05, 4.69) is 37.3 Å². The van der Waals surface area contributed by atoms with Crippen LogP contribution in [0.2, 0.25) is 0 Å². The first-order chi connectivity index (χ1) is 13.5. The quantitative estimate of drug-likeness (QED) is 0.463. The molecule has 0 amide bonds. The van der Waals surface area contributed by atoms with Crippen LogP contribution in [0.3, 0.4) is 0 Å². The summed E-state index contributed by atoms with van der Waals surface area (Å²) in [5, 5.41) is 0.